The van der Waals surface area contributed by atoms with E-state index in [4.69, 9.17) is 4.74 Å². The van der Waals surface area contributed by atoms with Crippen LogP contribution in [-0.2, 0) is 9.53 Å². The molecule has 2 nitrogen and oxygen atoms in total. The first-order valence-corrected chi connectivity index (χ1v) is 5.50. The van der Waals surface area contributed by atoms with Gasteiger partial charge in [-0.25, -0.2) is 4.79 Å². The summed E-state index contributed by atoms with van der Waals surface area (Å²) in [5.74, 6) is 1.16. The van der Waals surface area contributed by atoms with Gasteiger partial charge in [0.1, 0.15) is 0 Å². The smallest absolute Gasteiger partial charge is 0.330 e. The highest BCUT2D eigenvalue weighted by Crippen LogP contribution is 2.32. The molecule has 80 valence electrons. The van der Waals surface area contributed by atoms with Crippen molar-refractivity contribution >= 4 is 5.97 Å². The molecule has 2 heteroatoms. The van der Waals surface area contributed by atoms with Gasteiger partial charge in [0.2, 0.25) is 0 Å². The fourth-order valence-electron chi connectivity index (χ4n) is 2.08. The molecule has 2 unspecified atom stereocenters. The number of hydrogen-bond donors (Lipinski definition) is 0. The molecule has 0 aromatic rings. The van der Waals surface area contributed by atoms with Crippen molar-refractivity contribution in [1.29, 1.82) is 0 Å². The fourth-order valence-corrected chi connectivity index (χ4v) is 2.08. The molecule has 1 fully saturated rings. The Hall–Kier alpha value is -0.790. The summed E-state index contributed by atoms with van der Waals surface area (Å²) in [4.78, 5) is 11.2. The van der Waals surface area contributed by atoms with Gasteiger partial charge < -0.3 is 4.74 Å². The Kier molecular flexibility index (Phi) is 4.18. The molecule has 1 aliphatic rings. The van der Waals surface area contributed by atoms with E-state index in [1.807, 2.05) is 6.92 Å². The van der Waals surface area contributed by atoms with Crippen LogP contribution in [0.4, 0.5) is 0 Å². The molecule has 0 aromatic carbocycles. The first-order chi connectivity index (χ1) is 6.63. The third kappa shape index (κ3) is 3.17. The second-order valence-corrected chi connectivity index (χ2v) is 4.25. The zero-order valence-corrected chi connectivity index (χ0v) is 9.38. The summed E-state index contributed by atoms with van der Waals surface area (Å²) in [7, 11) is 0. The van der Waals surface area contributed by atoms with Gasteiger partial charge in [0.25, 0.3) is 0 Å². The summed E-state index contributed by atoms with van der Waals surface area (Å²) < 4.78 is 4.90. The quantitative estimate of drug-likeness (QED) is 0.501. The maximum Gasteiger partial charge on any atom is 0.330 e. The zero-order valence-electron chi connectivity index (χ0n) is 9.38. The van der Waals surface area contributed by atoms with Crippen molar-refractivity contribution in [3.63, 3.8) is 0 Å². The lowest BCUT2D eigenvalue weighted by Gasteiger charge is -2.26. The molecule has 0 heterocycles. The van der Waals surface area contributed by atoms with E-state index in [1.165, 1.54) is 18.4 Å². The van der Waals surface area contributed by atoms with Crippen LogP contribution in [0.2, 0.25) is 0 Å². The van der Waals surface area contributed by atoms with E-state index in [2.05, 4.69) is 13.8 Å². The summed E-state index contributed by atoms with van der Waals surface area (Å²) in [5.41, 5.74) is 1.27. The van der Waals surface area contributed by atoms with E-state index in [-0.39, 0.29) is 5.97 Å². The molecule has 0 radical (unpaired) electrons. The highest BCUT2D eigenvalue weighted by Gasteiger charge is 2.20. The number of carbonyl (C=O) groups excluding carboxylic acids is 1. The lowest BCUT2D eigenvalue weighted by molar-refractivity contribution is -0.137. The number of hydrogen-bond acceptors (Lipinski definition) is 2. The van der Waals surface area contributed by atoms with E-state index < -0.39 is 0 Å². The topological polar surface area (TPSA) is 26.3 Å². The normalized spacial score (nSPS) is 30.4. The van der Waals surface area contributed by atoms with Crippen molar-refractivity contribution in [1.82, 2.24) is 0 Å². The third-order valence-corrected chi connectivity index (χ3v) is 2.90. The molecule has 1 rings (SSSR count). The summed E-state index contributed by atoms with van der Waals surface area (Å²) in [5, 5.41) is 0. The van der Waals surface area contributed by atoms with Gasteiger partial charge in [0.15, 0.2) is 0 Å². The monoisotopic (exact) mass is 196 g/mol. The van der Waals surface area contributed by atoms with Gasteiger partial charge in [-0.2, -0.15) is 0 Å². The van der Waals surface area contributed by atoms with Crippen LogP contribution in [0.5, 0.6) is 0 Å². The zero-order chi connectivity index (χ0) is 10.6. The molecule has 0 aliphatic heterocycles. The average molecular weight is 196 g/mol. The molecule has 0 amide bonds. The minimum Gasteiger partial charge on any atom is -0.463 e. The number of ether oxygens (including phenoxy) is 1. The maximum absolute atomic E-state index is 11.2. The molecular weight excluding hydrogens is 176 g/mol. The average Bonchev–Trinajstić information content (AvgIpc) is 2.10. The van der Waals surface area contributed by atoms with Crippen molar-refractivity contribution < 1.29 is 9.53 Å². The van der Waals surface area contributed by atoms with Gasteiger partial charge in [0.05, 0.1) is 6.61 Å². The highest BCUT2D eigenvalue weighted by atomic mass is 16.5. The van der Waals surface area contributed by atoms with Gasteiger partial charge in [0, 0.05) is 6.08 Å². The van der Waals surface area contributed by atoms with E-state index in [1.54, 1.807) is 6.08 Å². The van der Waals surface area contributed by atoms with Gasteiger partial charge in [-0.15, -0.1) is 0 Å². The fraction of sp³-hybridized carbons (Fsp3) is 0.750. The van der Waals surface area contributed by atoms with Crippen molar-refractivity contribution in [2.24, 2.45) is 11.8 Å². The number of esters is 1. The van der Waals surface area contributed by atoms with Gasteiger partial charge in [-0.05, 0) is 38.0 Å². The Balaban J connectivity index is 2.54. The summed E-state index contributed by atoms with van der Waals surface area (Å²) in [6, 6.07) is 0. The standard InChI is InChI=1S/C12H20O2/c1-4-14-12(13)8-11-6-5-9(2)7-10(11)3/h8-10H,4-7H2,1-3H3/b11-8-. The molecule has 0 saturated heterocycles. The van der Waals surface area contributed by atoms with Crippen molar-refractivity contribution in [2.75, 3.05) is 6.61 Å². The van der Waals surface area contributed by atoms with Crippen molar-refractivity contribution in [3.05, 3.63) is 11.6 Å². The molecule has 1 saturated carbocycles. The SMILES string of the molecule is CCOC(=O)/C=C1/CCC(C)CC1C. The summed E-state index contributed by atoms with van der Waals surface area (Å²) in [6.07, 6.45) is 5.15. The Morgan fingerprint density at radius 1 is 1.57 bits per heavy atom. The Bertz CT molecular complexity index is 230. The summed E-state index contributed by atoms with van der Waals surface area (Å²) >= 11 is 0. The van der Waals surface area contributed by atoms with Crippen LogP contribution in [0.25, 0.3) is 0 Å². The Labute approximate surface area is 86.3 Å². The number of carbonyl (C=O) groups is 1. The second-order valence-electron chi connectivity index (χ2n) is 4.25. The lowest BCUT2D eigenvalue weighted by Crippen LogP contribution is -2.15. The Morgan fingerprint density at radius 3 is 2.86 bits per heavy atom. The first-order valence-electron chi connectivity index (χ1n) is 5.50. The van der Waals surface area contributed by atoms with Crippen LogP contribution < -0.4 is 0 Å². The van der Waals surface area contributed by atoms with Gasteiger partial charge in [-0.3, -0.25) is 0 Å². The van der Waals surface area contributed by atoms with Crippen LogP contribution in [0.15, 0.2) is 11.6 Å². The molecule has 0 N–H and O–H groups in total. The molecule has 14 heavy (non-hydrogen) atoms. The third-order valence-electron chi connectivity index (χ3n) is 2.90. The van der Waals surface area contributed by atoms with E-state index in [9.17, 15) is 4.79 Å². The predicted octanol–water partition coefficient (Wildman–Crippen LogP) is 2.93. The molecule has 1 aliphatic carbocycles. The first kappa shape index (κ1) is 11.3. The number of allylic oxidation sites excluding steroid dienone is 1. The second kappa shape index (κ2) is 5.18. The van der Waals surface area contributed by atoms with Crippen LogP contribution >= 0.6 is 0 Å². The van der Waals surface area contributed by atoms with Gasteiger partial charge in [-0.1, -0.05) is 19.4 Å². The molecule has 0 bridgehead atoms. The van der Waals surface area contributed by atoms with Crippen LogP contribution in [0.3, 0.4) is 0 Å². The molecule has 2 atom stereocenters. The molecule has 0 aromatic heterocycles. The summed E-state index contributed by atoms with van der Waals surface area (Å²) in [6.45, 7) is 6.77. The van der Waals surface area contributed by atoms with Crippen LogP contribution in [0, 0.1) is 11.8 Å². The highest BCUT2D eigenvalue weighted by molar-refractivity contribution is 5.82. The van der Waals surface area contributed by atoms with Crippen molar-refractivity contribution in [3.8, 4) is 0 Å². The minimum atomic E-state index is -0.177. The molecular formula is C12H20O2. The number of rotatable bonds is 2. The van der Waals surface area contributed by atoms with E-state index in [0.29, 0.717) is 12.5 Å². The van der Waals surface area contributed by atoms with Gasteiger partial charge >= 0.3 is 5.97 Å². The maximum atomic E-state index is 11.2. The Morgan fingerprint density at radius 2 is 2.29 bits per heavy atom. The lowest BCUT2D eigenvalue weighted by atomic mass is 9.79. The van der Waals surface area contributed by atoms with E-state index >= 15 is 0 Å². The van der Waals surface area contributed by atoms with Crippen molar-refractivity contribution in [2.45, 2.75) is 40.0 Å². The largest absolute Gasteiger partial charge is 0.463 e. The molecule has 0 spiro atoms. The minimum absolute atomic E-state index is 0.177. The predicted molar refractivity (Wildman–Crippen MR) is 56.9 cm³/mol. The van der Waals surface area contributed by atoms with E-state index in [0.717, 1.165) is 12.3 Å². The van der Waals surface area contributed by atoms with Crippen LogP contribution in [0.1, 0.15) is 40.0 Å². The van der Waals surface area contributed by atoms with Crippen LogP contribution in [-0.4, -0.2) is 12.6 Å².